The minimum absolute atomic E-state index is 0.153. The molecule has 0 aromatic heterocycles. The number of rotatable bonds is 3. The summed E-state index contributed by atoms with van der Waals surface area (Å²) in [4.78, 5) is 39.2. The molecule has 1 spiro atoms. The molecule has 6 nitrogen and oxygen atoms in total. The quantitative estimate of drug-likeness (QED) is 0.804. The molecule has 1 heterocycles. The molecular weight excluding hydrogens is 342 g/mol. The van der Waals surface area contributed by atoms with E-state index in [0.717, 1.165) is 48.1 Å². The van der Waals surface area contributed by atoms with Gasteiger partial charge in [-0.05, 0) is 36.8 Å². The summed E-state index contributed by atoms with van der Waals surface area (Å²) in [6.45, 7) is -0.203. The van der Waals surface area contributed by atoms with Crippen molar-refractivity contribution in [2.45, 2.75) is 69.4 Å². The molecule has 1 aromatic carbocycles. The first-order valence-electron chi connectivity index (χ1n) is 10.1. The molecule has 0 unspecified atom stereocenters. The van der Waals surface area contributed by atoms with E-state index in [9.17, 15) is 14.4 Å². The maximum Gasteiger partial charge on any atom is 0.325 e. The maximum absolute atomic E-state index is 13.1. The van der Waals surface area contributed by atoms with E-state index in [0.29, 0.717) is 6.42 Å². The summed E-state index contributed by atoms with van der Waals surface area (Å²) in [5.74, 6) is -0.544. The number of hydrogen-bond donors (Lipinski definition) is 2. The Morgan fingerprint density at radius 3 is 2.59 bits per heavy atom. The zero-order valence-corrected chi connectivity index (χ0v) is 15.6. The van der Waals surface area contributed by atoms with Gasteiger partial charge in [0, 0.05) is 6.04 Å². The molecule has 6 heteroatoms. The van der Waals surface area contributed by atoms with Gasteiger partial charge in [-0.2, -0.15) is 0 Å². The molecule has 4 rings (SSSR count). The number of aryl methyl sites for hydroxylation is 1. The standard InChI is InChI=1S/C21H27N3O3/c25-18(22-16-9-4-2-1-3-5-10-16)14-24-19(26)21(23-20(24)27)13-12-15-8-6-7-11-17(15)21/h6-8,11,16H,1-5,9-10,12-14H2,(H,22,25)(H,23,27)/t21-/m0/s1. The highest BCUT2D eigenvalue weighted by molar-refractivity contribution is 6.09. The molecule has 1 atom stereocenters. The lowest BCUT2D eigenvalue weighted by Gasteiger charge is -2.23. The van der Waals surface area contributed by atoms with Crippen LogP contribution in [0.2, 0.25) is 0 Å². The van der Waals surface area contributed by atoms with E-state index < -0.39 is 11.6 Å². The molecule has 1 saturated heterocycles. The van der Waals surface area contributed by atoms with Gasteiger partial charge in [0.1, 0.15) is 12.1 Å². The highest BCUT2D eigenvalue weighted by atomic mass is 16.2. The predicted octanol–water partition coefficient (Wildman–Crippen LogP) is 2.61. The van der Waals surface area contributed by atoms with Gasteiger partial charge in [0.25, 0.3) is 5.91 Å². The van der Waals surface area contributed by atoms with E-state index in [1.54, 1.807) is 0 Å². The molecule has 3 aliphatic rings. The van der Waals surface area contributed by atoms with Gasteiger partial charge in [-0.25, -0.2) is 4.79 Å². The van der Waals surface area contributed by atoms with E-state index >= 15 is 0 Å². The Labute approximate surface area is 159 Å². The van der Waals surface area contributed by atoms with Crippen molar-refractivity contribution in [1.29, 1.82) is 0 Å². The van der Waals surface area contributed by atoms with Gasteiger partial charge in [-0.1, -0.05) is 56.4 Å². The molecule has 27 heavy (non-hydrogen) atoms. The summed E-state index contributed by atoms with van der Waals surface area (Å²) in [5, 5.41) is 5.91. The highest BCUT2D eigenvalue weighted by Crippen LogP contribution is 2.41. The van der Waals surface area contributed by atoms with Gasteiger partial charge in [-0.3, -0.25) is 14.5 Å². The van der Waals surface area contributed by atoms with Crippen LogP contribution in [0.3, 0.4) is 0 Å². The van der Waals surface area contributed by atoms with Crippen molar-refractivity contribution in [1.82, 2.24) is 15.5 Å². The van der Waals surface area contributed by atoms with Crippen molar-refractivity contribution in [2.24, 2.45) is 0 Å². The van der Waals surface area contributed by atoms with Crippen LogP contribution in [0.5, 0.6) is 0 Å². The van der Waals surface area contributed by atoms with Crippen molar-refractivity contribution >= 4 is 17.8 Å². The number of hydrogen-bond acceptors (Lipinski definition) is 3. The topological polar surface area (TPSA) is 78.5 Å². The Morgan fingerprint density at radius 1 is 1.11 bits per heavy atom. The Kier molecular flexibility index (Phi) is 4.89. The third-order valence-corrected chi connectivity index (χ3v) is 6.19. The minimum Gasteiger partial charge on any atom is -0.352 e. The predicted molar refractivity (Wildman–Crippen MR) is 101 cm³/mol. The Bertz CT molecular complexity index is 755. The molecule has 1 saturated carbocycles. The van der Waals surface area contributed by atoms with Crippen molar-refractivity contribution in [3.05, 3.63) is 35.4 Å². The summed E-state index contributed by atoms with van der Waals surface area (Å²) in [7, 11) is 0. The Morgan fingerprint density at radius 2 is 1.81 bits per heavy atom. The number of benzene rings is 1. The maximum atomic E-state index is 13.1. The molecule has 1 aliphatic heterocycles. The first-order chi connectivity index (χ1) is 13.1. The van der Waals surface area contributed by atoms with Crippen molar-refractivity contribution < 1.29 is 14.4 Å². The first kappa shape index (κ1) is 18.0. The van der Waals surface area contributed by atoms with Crippen LogP contribution in [0.1, 0.15) is 62.5 Å². The van der Waals surface area contributed by atoms with Gasteiger partial charge in [0.2, 0.25) is 5.91 Å². The van der Waals surface area contributed by atoms with Crippen LogP contribution in [-0.4, -0.2) is 35.3 Å². The van der Waals surface area contributed by atoms with Gasteiger partial charge in [0.05, 0.1) is 0 Å². The number of carbonyl (C=O) groups is 3. The second kappa shape index (κ2) is 7.33. The summed E-state index contributed by atoms with van der Waals surface area (Å²) in [5.41, 5.74) is 0.965. The average molecular weight is 369 g/mol. The molecule has 144 valence electrons. The summed E-state index contributed by atoms with van der Waals surface area (Å²) in [6.07, 6.45) is 9.19. The summed E-state index contributed by atoms with van der Waals surface area (Å²) >= 11 is 0. The lowest BCUT2D eigenvalue weighted by atomic mass is 9.92. The van der Waals surface area contributed by atoms with Crippen LogP contribution in [0.15, 0.2) is 24.3 Å². The van der Waals surface area contributed by atoms with Crippen LogP contribution in [-0.2, 0) is 21.5 Å². The Balaban J connectivity index is 1.43. The fraction of sp³-hybridized carbons (Fsp3) is 0.571. The molecule has 2 fully saturated rings. The Hall–Kier alpha value is -2.37. The summed E-state index contributed by atoms with van der Waals surface area (Å²) < 4.78 is 0. The number of urea groups is 1. The number of nitrogens with one attached hydrogen (secondary N) is 2. The van der Waals surface area contributed by atoms with Crippen LogP contribution in [0, 0.1) is 0 Å². The number of fused-ring (bicyclic) bond motifs is 2. The van der Waals surface area contributed by atoms with E-state index in [-0.39, 0.29) is 24.4 Å². The SMILES string of the molecule is O=C(CN1C(=O)N[C@]2(CCc3ccccc32)C1=O)NC1CCCCCCC1. The van der Waals surface area contributed by atoms with Crippen molar-refractivity contribution in [2.75, 3.05) is 6.54 Å². The van der Waals surface area contributed by atoms with Crippen LogP contribution >= 0.6 is 0 Å². The van der Waals surface area contributed by atoms with E-state index in [1.165, 1.54) is 19.3 Å². The second-order valence-corrected chi connectivity index (χ2v) is 7.99. The van der Waals surface area contributed by atoms with Gasteiger partial charge >= 0.3 is 6.03 Å². The van der Waals surface area contributed by atoms with Gasteiger partial charge in [-0.15, -0.1) is 0 Å². The minimum atomic E-state index is -0.992. The first-order valence-corrected chi connectivity index (χ1v) is 10.1. The average Bonchev–Trinajstić information content (AvgIpc) is 3.11. The monoisotopic (exact) mass is 369 g/mol. The molecule has 2 aliphatic carbocycles. The smallest absolute Gasteiger partial charge is 0.325 e. The van der Waals surface area contributed by atoms with Gasteiger partial charge in [0.15, 0.2) is 0 Å². The number of imide groups is 1. The van der Waals surface area contributed by atoms with Gasteiger partial charge < -0.3 is 10.6 Å². The third-order valence-electron chi connectivity index (χ3n) is 6.19. The number of amides is 4. The molecule has 1 aromatic rings. The number of nitrogens with zero attached hydrogens (tertiary/aromatic N) is 1. The lowest BCUT2D eigenvalue weighted by molar-refractivity contribution is -0.135. The molecule has 4 amide bonds. The van der Waals surface area contributed by atoms with E-state index in [2.05, 4.69) is 10.6 Å². The summed E-state index contributed by atoms with van der Waals surface area (Å²) in [6, 6.07) is 7.41. The zero-order valence-electron chi connectivity index (χ0n) is 15.6. The number of carbonyl (C=O) groups excluding carboxylic acids is 3. The van der Waals surface area contributed by atoms with Crippen LogP contribution < -0.4 is 10.6 Å². The second-order valence-electron chi connectivity index (χ2n) is 7.99. The molecular formula is C21H27N3O3. The third kappa shape index (κ3) is 3.33. The van der Waals surface area contributed by atoms with Crippen molar-refractivity contribution in [3.63, 3.8) is 0 Å². The molecule has 0 radical (unpaired) electrons. The molecule has 2 N–H and O–H groups in total. The van der Waals surface area contributed by atoms with E-state index in [1.807, 2.05) is 24.3 Å². The fourth-order valence-corrected chi connectivity index (χ4v) is 4.75. The van der Waals surface area contributed by atoms with Crippen molar-refractivity contribution in [3.8, 4) is 0 Å². The largest absolute Gasteiger partial charge is 0.352 e. The lowest BCUT2D eigenvalue weighted by Crippen LogP contribution is -2.45. The zero-order chi connectivity index (χ0) is 18.9. The fourth-order valence-electron chi connectivity index (χ4n) is 4.75. The highest BCUT2D eigenvalue weighted by Gasteiger charge is 2.55. The van der Waals surface area contributed by atoms with Crippen LogP contribution in [0.25, 0.3) is 0 Å². The van der Waals surface area contributed by atoms with E-state index in [4.69, 9.17) is 0 Å². The normalized spacial score (nSPS) is 25.9. The molecule has 0 bridgehead atoms. The van der Waals surface area contributed by atoms with Crippen LogP contribution in [0.4, 0.5) is 4.79 Å².